The van der Waals surface area contributed by atoms with E-state index in [-0.39, 0.29) is 12.2 Å². The summed E-state index contributed by atoms with van der Waals surface area (Å²) < 4.78 is 6.57. The van der Waals surface area contributed by atoms with Gasteiger partial charge >= 0.3 is 0 Å². The van der Waals surface area contributed by atoms with E-state index in [1.807, 2.05) is 0 Å². The number of nitrogens with zero attached hydrogens (tertiary/aromatic N) is 2. The molecule has 1 aliphatic rings. The summed E-state index contributed by atoms with van der Waals surface area (Å²) in [6.07, 6.45) is 3.25. The van der Waals surface area contributed by atoms with Gasteiger partial charge in [-0.05, 0) is 133 Å². The van der Waals surface area contributed by atoms with E-state index in [1.54, 1.807) is 0 Å². The maximum absolute atomic E-state index is 6.57. The maximum Gasteiger partial charge on any atom is 0.0962 e. The highest BCUT2D eigenvalue weighted by atomic mass is 16.5. The summed E-state index contributed by atoms with van der Waals surface area (Å²) in [5, 5.41) is 0. The Kier molecular flexibility index (Phi) is 7.39. The molecule has 0 amide bonds. The Bertz CT molecular complexity index is 953. The van der Waals surface area contributed by atoms with Crippen LogP contribution in [0.2, 0.25) is 0 Å². The van der Waals surface area contributed by atoms with Crippen molar-refractivity contribution in [3.8, 4) is 0 Å². The smallest absolute Gasteiger partial charge is 0.0962 e. The van der Waals surface area contributed by atoms with E-state index >= 15 is 0 Å². The number of hydrogen-bond acceptors (Lipinski definition) is 3. The molecule has 1 heterocycles. The number of aliphatic imine (C=N–C) groups is 2. The van der Waals surface area contributed by atoms with Gasteiger partial charge in [-0.3, -0.25) is 9.98 Å². The van der Waals surface area contributed by atoms with Crippen LogP contribution in [0.5, 0.6) is 0 Å². The van der Waals surface area contributed by atoms with Gasteiger partial charge in [-0.15, -0.1) is 0 Å². The maximum atomic E-state index is 6.57. The molecule has 0 saturated carbocycles. The van der Waals surface area contributed by atoms with Crippen molar-refractivity contribution < 1.29 is 4.74 Å². The molecule has 0 spiro atoms. The van der Waals surface area contributed by atoms with Crippen molar-refractivity contribution in [2.75, 3.05) is 0 Å². The lowest BCUT2D eigenvalue weighted by atomic mass is 9.96. The summed E-state index contributed by atoms with van der Waals surface area (Å²) in [7, 11) is 0. The van der Waals surface area contributed by atoms with Crippen molar-refractivity contribution in [2.24, 2.45) is 9.98 Å². The van der Waals surface area contributed by atoms with E-state index in [0.717, 1.165) is 42.1 Å². The average molecular weight is 433 g/mol. The standard InChI is InChI=1S/C29H40N2O/c1-16-14-17(2)21(6)28(20(16)5)30-24(9)26-12-11-13-27(32-26)25(10)31-29-22(7)18(3)15-19(4)23(29)8/h14-15,26-27H,11-13H2,1-10H3/b30-24+,31-25+. The molecule has 0 radical (unpaired) electrons. The zero-order valence-corrected chi connectivity index (χ0v) is 21.7. The zero-order chi connectivity index (χ0) is 23.7. The lowest BCUT2D eigenvalue weighted by Crippen LogP contribution is -2.36. The second kappa shape index (κ2) is 9.70. The van der Waals surface area contributed by atoms with Crippen LogP contribution in [-0.2, 0) is 4.74 Å². The molecule has 2 unspecified atom stereocenters. The predicted molar refractivity (Wildman–Crippen MR) is 139 cm³/mol. The van der Waals surface area contributed by atoms with Crippen LogP contribution in [-0.4, -0.2) is 23.6 Å². The largest absolute Gasteiger partial charge is 0.363 e. The van der Waals surface area contributed by atoms with Crippen LogP contribution in [0.15, 0.2) is 22.1 Å². The van der Waals surface area contributed by atoms with Crippen LogP contribution in [0.4, 0.5) is 11.4 Å². The van der Waals surface area contributed by atoms with Gasteiger partial charge in [-0.25, -0.2) is 0 Å². The number of aryl methyl sites for hydroxylation is 4. The van der Waals surface area contributed by atoms with Crippen molar-refractivity contribution in [3.05, 3.63) is 56.6 Å². The molecule has 1 saturated heterocycles. The van der Waals surface area contributed by atoms with Gasteiger partial charge in [0, 0.05) is 11.4 Å². The van der Waals surface area contributed by atoms with Gasteiger partial charge in [-0.2, -0.15) is 0 Å². The molecule has 3 nitrogen and oxygen atoms in total. The first-order valence-electron chi connectivity index (χ1n) is 11.9. The van der Waals surface area contributed by atoms with E-state index < -0.39 is 0 Å². The quantitative estimate of drug-likeness (QED) is 0.451. The fraction of sp³-hybridized carbons (Fsp3) is 0.517. The highest BCUT2D eigenvalue weighted by molar-refractivity contribution is 5.92. The van der Waals surface area contributed by atoms with Gasteiger partial charge in [0.2, 0.25) is 0 Å². The molecule has 0 bridgehead atoms. The first kappa shape index (κ1) is 24.4. The van der Waals surface area contributed by atoms with E-state index in [1.165, 1.54) is 44.5 Å². The van der Waals surface area contributed by atoms with Crippen molar-refractivity contribution in [2.45, 2.75) is 101 Å². The first-order chi connectivity index (χ1) is 15.0. The summed E-state index contributed by atoms with van der Waals surface area (Å²) in [6.45, 7) is 21.6. The molecule has 3 heteroatoms. The average Bonchev–Trinajstić information content (AvgIpc) is 2.76. The Balaban J connectivity index is 1.88. The molecular formula is C29H40N2O. The molecule has 172 valence electrons. The molecule has 1 fully saturated rings. The van der Waals surface area contributed by atoms with E-state index in [9.17, 15) is 0 Å². The van der Waals surface area contributed by atoms with Gasteiger partial charge < -0.3 is 4.74 Å². The number of rotatable bonds is 4. The van der Waals surface area contributed by atoms with Crippen LogP contribution >= 0.6 is 0 Å². The molecule has 2 atom stereocenters. The minimum Gasteiger partial charge on any atom is -0.363 e. The highest BCUT2D eigenvalue weighted by Gasteiger charge is 2.27. The van der Waals surface area contributed by atoms with Gasteiger partial charge in [-0.1, -0.05) is 12.1 Å². The topological polar surface area (TPSA) is 34.0 Å². The monoisotopic (exact) mass is 432 g/mol. The summed E-state index contributed by atoms with van der Waals surface area (Å²) in [5.74, 6) is 0. The Hall–Kier alpha value is -2.26. The summed E-state index contributed by atoms with van der Waals surface area (Å²) in [5.41, 5.74) is 14.6. The second-order valence-corrected chi connectivity index (χ2v) is 9.77. The van der Waals surface area contributed by atoms with Crippen LogP contribution in [0.25, 0.3) is 0 Å². The van der Waals surface area contributed by atoms with Crippen LogP contribution in [0, 0.1) is 55.4 Å². The minimum absolute atomic E-state index is 0.0416. The fourth-order valence-electron chi connectivity index (χ4n) is 4.66. The summed E-state index contributed by atoms with van der Waals surface area (Å²) in [6, 6.07) is 4.51. The van der Waals surface area contributed by atoms with Gasteiger partial charge in [0.05, 0.1) is 23.6 Å². The lowest BCUT2D eigenvalue weighted by molar-refractivity contribution is 0.0230. The summed E-state index contributed by atoms with van der Waals surface area (Å²) in [4.78, 5) is 10.2. The molecule has 32 heavy (non-hydrogen) atoms. The van der Waals surface area contributed by atoms with E-state index in [0.29, 0.717) is 0 Å². The zero-order valence-electron chi connectivity index (χ0n) is 21.7. The minimum atomic E-state index is 0.0416. The van der Waals surface area contributed by atoms with Crippen molar-refractivity contribution in [3.63, 3.8) is 0 Å². The molecule has 2 aromatic rings. The number of benzene rings is 2. The van der Waals surface area contributed by atoms with E-state index in [4.69, 9.17) is 14.7 Å². The van der Waals surface area contributed by atoms with Crippen molar-refractivity contribution in [1.82, 2.24) is 0 Å². The molecular weight excluding hydrogens is 392 g/mol. The molecule has 3 rings (SSSR count). The molecule has 0 aliphatic carbocycles. The molecule has 0 aromatic heterocycles. The molecule has 1 aliphatic heterocycles. The highest BCUT2D eigenvalue weighted by Crippen LogP contribution is 2.33. The third-order valence-electron chi connectivity index (χ3n) is 7.42. The van der Waals surface area contributed by atoms with Gasteiger partial charge in [0.15, 0.2) is 0 Å². The third kappa shape index (κ3) is 4.88. The van der Waals surface area contributed by atoms with Crippen molar-refractivity contribution >= 4 is 22.8 Å². The van der Waals surface area contributed by atoms with E-state index in [2.05, 4.69) is 81.4 Å². The van der Waals surface area contributed by atoms with Crippen molar-refractivity contribution in [1.29, 1.82) is 0 Å². The molecule has 2 aromatic carbocycles. The Morgan fingerprint density at radius 3 is 1.25 bits per heavy atom. The second-order valence-electron chi connectivity index (χ2n) is 9.77. The van der Waals surface area contributed by atoms with Gasteiger partial charge in [0.1, 0.15) is 0 Å². The lowest BCUT2D eigenvalue weighted by Gasteiger charge is -2.30. The normalized spacial score (nSPS) is 20.1. The third-order valence-corrected chi connectivity index (χ3v) is 7.42. The van der Waals surface area contributed by atoms with Gasteiger partial charge in [0.25, 0.3) is 0 Å². The van der Waals surface area contributed by atoms with Crippen LogP contribution in [0.1, 0.15) is 77.6 Å². The molecule has 0 N–H and O–H groups in total. The first-order valence-corrected chi connectivity index (χ1v) is 11.9. The summed E-state index contributed by atoms with van der Waals surface area (Å²) >= 11 is 0. The van der Waals surface area contributed by atoms with Crippen LogP contribution in [0.3, 0.4) is 0 Å². The Labute approximate surface area is 195 Å². The number of ether oxygens (including phenoxy) is 1. The number of hydrogen-bond donors (Lipinski definition) is 0. The predicted octanol–water partition coefficient (Wildman–Crippen LogP) is 7.98. The fourth-order valence-corrected chi connectivity index (χ4v) is 4.66. The van der Waals surface area contributed by atoms with Crippen LogP contribution < -0.4 is 0 Å². The SMILES string of the molecule is C/C(=N\c1c(C)c(C)cc(C)c1C)C1CCCC(/C(C)=N/c2c(C)c(C)cc(C)c2C)O1. The Morgan fingerprint density at radius 2 is 0.938 bits per heavy atom. The Morgan fingerprint density at radius 1 is 0.625 bits per heavy atom.